The Morgan fingerprint density at radius 2 is 1.89 bits per heavy atom. The number of aromatic carboxylic acids is 1. The predicted molar refractivity (Wildman–Crippen MR) is 137 cm³/mol. The number of benzene rings is 2. The number of carboxylic acid groups (broad SMARTS) is 1. The number of fused-ring (bicyclic) bond motifs is 1. The molecule has 1 saturated heterocycles. The molecule has 2 heterocycles. The fraction of sp³-hybridized carbons (Fsp3) is 0.393. The molecule has 0 radical (unpaired) electrons. The number of rotatable bonds is 8. The van der Waals surface area contributed by atoms with Gasteiger partial charge in [0.25, 0.3) is 0 Å². The van der Waals surface area contributed by atoms with E-state index in [1.807, 2.05) is 46.7 Å². The molecule has 2 aliphatic rings. The lowest BCUT2D eigenvalue weighted by molar-refractivity contribution is -0.145. The molecule has 0 amide bonds. The minimum Gasteiger partial charge on any atom is -0.477 e. The number of hydrogen-bond acceptors (Lipinski definition) is 6. The molecule has 2 fully saturated rings. The van der Waals surface area contributed by atoms with E-state index in [4.69, 9.17) is 4.74 Å². The molecule has 1 aromatic heterocycles. The van der Waals surface area contributed by atoms with Crippen molar-refractivity contribution in [3.63, 3.8) is 0 Å². The summed E-state index contributed by atoms with van der Waals surface area (Å²) in [5.41, 5.74) is 0.906. The Labute approximate surface area is 213 Å². The minimum absolute atomic E-state index is 0.0748. The zero-order valence-electron chi connectivity index (χ0n) is 20.7. The first kappa shape index (κ1) is 25.0. The number of ether oxygens (including phenoxy) is 1. The number of carboxylic acids is 1. The Balaban J connectivity index is 1.26. The van der Waals surface area contributed by atoms with E-state index in [1.165, 1.54) is 12.3 Å². The summed E-state index contributed by atoms with van der Waals surface area (Å²) >= 11 is 0. The standard InChI is InChI=1S/C28H30FN3O5/c1-18-15-31(12-11-30(18)10-9-26(33)37-17-19-5-3-2-4-6-19)25-14-24-21(13-23(25)29)27(34)22(28(35)36)16-32(24)20-7-8-20/h2-6,13-14,16,18,20H,7-12,15,17H2,1H3,(H,35,36). The van der Waals surface area contributed by atoms with Crippen molar-refractivity contribution in [1.82, 2.24) is 9.47 Å². The fourth-order valence-electron chi connectivity index (χ4n) is 5.00. The summed E-state index contributed by atoms with van der Waals surface area (Å²) in [7, 11) is 0. The molecular formula is C28H30FN3O5. The summed E-state index contributed by atoms with van der Waals surface area (Å²) in [6.45, 7) is 4.62. The highest BCUT2D eigenvalue weighted by atomic mass is 19.1. The van der Waals surface area contributed by atoms with Crippen molar-refractivity contribution in [3.8, 4) is 0 Å². The molecule has 1 N–H and O–H groups in total. The van der Waals surface area contributed by atoms with Gasteiger partial charge in [0.2, 0.25) is 5.43 Å². The lowest BCUT2D eigenvalue weighted by Gasteiger charge is -2.41. The summed E-state index contributed by atoms with van der Waals surface area (Å²) in [5, 5.41) is 9.54. The molecule has 0 bridgehead atoms. The van der Waals surface area contributed by atoms with Gasteiger partial charge < -0.3 is 19.3 Å². The third-order valence-corrected chi connectivity index (χ3v) is 7.22. The van der Waals surface area contributed by atoms with E-state index in [0.29, 0.717) is 37.4 Å². The van der Waals surface area contributed by atoms with Gasteiger partial charge >= 0.3 is 11.9 Å². The van der Waals surface area contributed by atoms with Gasteiger partial charge in [0, 0.05) is 49.8 Å². The molecule has 2 aromatic carbocycles. The average Bonchev–Trinajstić information content (AvgIpc) is 3.73. The molecule has 9 heteroatoms. The summed E-state index contributed by atoms with van der Waals surface area (Å²) in [4.78, 5) is 40.7. The van der Waals surface area contributed by atoms with Crippen LogP contribution in [-0.4, -0.2) is 58.7 Å². The van der Waals surface area contributed by atoms with Crippen molar-refractivity contribution in [2.75, 3.05) is 31.1 Å². The topological polar surface area (TPSA) is 92.1 Å². The van der Waals surface area contributed by atoms with E-state index in [0.717, 1.165) is 18.4 Å². The van der Waals surface area contributed by atoms with Gasteiger partial charge in [-0.1, -0.05) is 30.3 Å². The molecule has 1 saturated carbocycles. The lowest BCUT2D eigenvalue weighted by atomic mass is 10.1. The van der Waals surface area contributed by atoms with E-state index in [1.54, 1.807) is 6.07 Å². The molecule has 1 aliphatic carbocycles. The Morgan fingerprint density at radius 3 is 2.57 bits per heavy atom. The van der Waals surface area contributed by atoms with E-state index in [9.17, 15) is 19.5 Å². The zero-order chi connectivity index (χ0) is 26.1. The van der Waals surface area contributed by atoms with Crippen LogP contribution in [0.5, 0.6) is 0 Å². The van der Waals surface area contributed by atoms with Crippen LogP contribution >= 0.6 is 0 Å². The molecule has 1 unspecified atom stereocenters. The number of pyridine rings is 1. The van der Waals surface area contributed by atoms with Gasteiger partial charge in [0.05, 0.1) is 17.6 Å². The Bertz CT molecular complexity index is 1390. The molecule has 1 atom stereocenters. The number of aromatic nitrogens is 1. The normalized spacial score (nSPS) is 18.2. The average molecular weight is 508 g/mol. The number of carbonyl (C=O) groups excluding carboxylic acids is 1. The summed E-state index contributed by atoms with van der Waals surface area (Å²) in [6, 6.07) is 12.6. The largest absolute Gasteiger partial charge is 0.477 e. The first-order chi connectivity index (χ1) is 17.8. The highest BCUT2D eigenvalue weighted by Gasteiger charge is 2.30. The molecule has 37 heavy (non-hydrogen) atoms. The van der Waals surface area contributed by atoms with Crippen molar-refractivity contribution in [2.24, 2.45) is 0 Å². The maximum atomic E-state index is 15.3. The molecule has 0 spiro atoms. The monoisotopic (exact) mass is 507 g/mol. The number of nitrogens with zero attached hydrogens (tertiary/aromatic N) is 3. The fourth-order valence-corrected chi connectivity index (χ4v) is 5.00. The van der Waals surface area contributed by atoms with Crippen LogP contribution in [0, 0.1) is 5.82 Å². The maximum Gasteiger partial charge on any atom is 0.341 e. The van der Waals surface area contributed by atoms with E-state index >= 15 is 4.39 Å². The summed E-state index contributed by atoms with van der Waals surface area (Å²) in [6.07, 6.45) is 3.46. The predicted octanol–water partition coefficient (Wildman–Crippen LogP) is 3.82. The SMILES string of the molecule is CC1CN(c2cc3c(cc2F)c(=O)c(C(=O)O)cn3C2CC2)CCN1CCC(=O)OCc1ccccc1. The van der Waals surface area contributed by atoms with Crippen LogP contribution in [0.1, 0.15) is 48.1 Å². The van der Waals surface area contributed by atoms with Crippen molar-refractivity contribution in [2.45, 2.75) is 44.9 Å². The number of anilines is 1. The molecule has 8 nitrogen and oxygen atoms in total. The first-order valence-corrected chi connectivity index (χ1v) is 12.6. The number of carbonyl (C=O) groups is 2. The van der Waals surface area contributed by atoms with Crippen molar-refractivity contribution >= 4 is 28.5 Å². The first-order valence-electron chi connectivity index (χ1n) is 12.6. The Morgan fingerprint density at radius 1 is 1.14 bits per heavy atom. The van der Waals surface area contributed by atoms with Crippen molar-refractivity contribution in [1.29, 1.82) is 0 Å². The van der Waals surface area contributed by atoms with Gasteiger partial charge in [-0.05, 0) is 37.5 Å². The van der Waals surface area contributed by atoms with Gasteiger partial charge in [-0.2, -0.15) is 0 Å². The number of hydrogen-bond donors (Lipinski definition) is 1. The van der Waals surface area contributed by atoms with E-state index < -0.39 is 17.2 Å². The second-order valence-corrected chi connectivity index (χ2v) is 9.86. The third-order valence-electron chi connectivity index (χ3n) is 7.22. The van der Waals surface area contributed by atoms with Crippen LogP contribution in [0.15, 0.2) is 53.5 Å². The van der Waals surface area contributed by atoms with Crippen molar-refractivity contribution < 1.29 is 23.8 Å². The molecule has 3 aromatic rings. The third kappa shape index (κ3) is 5.36. The molecular weight excluding hydrogens is 477 g/mol. The summed E-state index contributed by atoms with van der Waals surface area (Å²) < 4.78 is 22.4. The van der Waals surface area contributed by atoms with Gasteiger partial charge in [-0.3, -0.25) is 14.5 Å². The molecule has 5 rings (SSSR count). The maximum absolute atomic E-state index is 15.3. The van der Waals surface area contributed by atoms with Gasteiger partial charge in [-0.15, -0.1) is 0 Å². The molecule has 194 valence electrons. The van der Waals surface area contributed by atoms with Crippen LogP contribution in [0.3, 0.4) is 0 Å². The minimum atomic E-state index is -1.31. The smallest absolute Gasteiger partial charge is 0.341 e. The number of halogens is 1. The Hall–Kier alpha value is -3.72. The van der Waals surface area contributed by atoms with Gasteiger partial charge in [0.1, 0.15) is 18.0 Å². The highest BCUT2D eigenvalue weighted by molar-refractivity contribution is 5.93. The second kappa shape index (κ2) is 10.3. The lowest BCUT2D eigenvalue weighted by Crippen LogP contribution is -2.52. The number of piperazine rings is 1. The van der Waals surface area contributed by atoms with Crippen molar-refractivity contribution in [3.05, 3.63) is 75.8 Å². The van der Waals surface area contributed by atoms with E-state index in [-0.39, 0.29) is 42.0 Å². The zero-order valence-corrected chi connectivity index (χ0v) is 20.7. The second-order valence-electron chi connectivity index (χ2n) is 9.86. The molecule has 1 aliphatic heterocycles. The van der Waals surface area contributed by atoms with Crippen LogP contribution in [0.25, 0.3) is 10.9 Å². The number of esters is 1. The van der Waals surface area contributed by atoms with Gasteiger partial charge in [0.15, 0.2) is 0 Å². The Kier molecular flexibility index (Phi) is 6.97. The van der Waals surface area contributed by atoms with Gasteiger partial charge in [-0.25, -0.2) is 9.18 Å². The van der Waals surface area contributed by atoms with Crippen LogP contribution < -0.4 is 10.3 Å². The van der Waals surface area contributed by atoms with Crippen LogP contribution in [0.2, 0.25) is 0 Å². The van der Waals surface area contributed by atoms with E-state index in [2.05, 4.69) is 4.90 Å². The van der Waals surface area contributed by atoms with Crippen LogP contribution in [0.4, 0.5) is 10.1 Å². The quantitative estimate of drug-likeness (QED) is 0.464. The highest BCUT2D eigenvalue weighted by Crippen LogP contribution is 2.38. The summed E-state index contributed by atoms with van der Waals surface area (Å²) in [5.74, 6) is -2.10. The van der Waals surface area contributed by atoms with Crippen LogP contribution in [-0.2, 0) is 16.1 Å².